The summed E-state index contributed by atoms with van der Waals surface area (Å²) in [7, 11) is 0. The summed E-state index contributed by atoms with van der Waals surface area (Å²) in [4.78, 5) is 49.1. The number of nitrogens with one attached hydrogen (secondary N) is 2. The Balaban J connectivity index is 1.23. The fourth-order valence-corrected chi connectivity index (χ4v) is 5.51. The molecule has 1 aliphatic carbocycles. The lowest BCUT2D eigenvalue weighted by Gasteiger charge is -2.25. The first kappa shape index (κ1) is 24.3. The molecular formula is C26H29N5O4S. The minimum Gasteiger partial charge on any atom is -0.467 e. The topological polar surface area (TPSA) is 116 Å². The molecule has 0 saturated heterocycles. The van der Waals surface area contributed by atoms with Gasteiger partial charge in [0.1, 0.15) is 17.6 Å². The van der Waals surface area contributed by atoms with Crippen LogP contribution in [-0.4, -0.2) is 51.5 Å². The first-order valence-corrected chi connectivity index (χ1v) is 13.4. The number of hydrogen-bond donors (Lipinski definition) is 2. The van der Waals surface area contributed by atoms with Crippen molar-refractivity contribution >= 4 is 46.2 Å². The van der Waals surface area contributed by atoms with Crippen LogP contribution < -0.4 is 10.6 Å². The standard InChI is InChI=1S/C26H29N5O4S/c32-22(28-17-7-2-1-3-8-17)13-12-21-25(34)31-24(29-21)19-10-4-5-11-20(19)30-26(31)36-16-23(33)27-15-18-9-6-14-35-18/h4-6,9-11,14,17,21H,1-3,7-8,12-13,15-16H2,(H,27,33)(H,28,32)/t21-/m1/s1. The second-order valence-electron chi connectivity index (χ2n) is 9.14. The number of carbonyl (C=O) groups excluding carboxylic acids is 3. The molecule has 1 aromatic carbocycles. The van der Waals surface area contributed by atoms with Gasteiger partial charge in [0, 0.05) is 18.0 Å². The normalized spacial score (nSPS) is 19.3. The fourth-order valence-electron chi connectivity index (χ4n) is 4.68. The van der Waals surface area contributed by atoms with Gasteiger partial charge >= 0.3 is 0 Å². The molecule has 2 N–H and O–H groups in total. The van der Waals surface area contributed by atoms with Crippen molar-refractivity contribution in [2.24, 2.45) is 9.98 Å². The van der Waals surface area contributed by atoms with Gasteiger partial charge in [-0.1, -0.05) is 43.2 Å². The van der Waals surface area contributed by atoms with Crippen LogP contribution in [0.3, 0.4) is 0 Å². The van der Waals surface area contributed by atoms with Crippen LogP contribution in [0, 0.1) is 0 Å². The predicted octanol–water partition coefficient (Wildman–Crippen LogP) is 3.52. The van der Waals surface area contributed by atoms with Gasteiger partial charge in [-0.25, -0.2) is 9.89 Å². The Labute approximate surface area is 213 Å². The van der Waals surface area contributed by atoms with E-state index in [0.29, 0.717) is 35.4 Å². The van der Waals surface area contributed by atoms with E-state index in [9.17, 15) is 14.4 Å². The van der Waals surface area contributed by atoms with E-state index in [1.165, 1.54) is 23.1 Å². The lowest BCUT2D eigenvalue weighted by atomic mass is 9.95. The Morgan fingerprint density at radius 1 is 1.08 bits per heavy atom. The van der Waals surface area contributed by atoms with Crippen molar-refractivity contribution in [3.05, 3.63) is 54.0 Å². The Bertz CT molecular complexity index is 1190. The zero-order valence-electron chi connectivity index (χ0n) is 19.9. The molecule has 10 heteroatoms. The van der Waals surface area contributed by atoms with Gasteiger partial charge in [0.2, 0.25) is 11.8 Å². The number of furan rings is 1. The molecular weight excluding hydrogens is 478 g/mol. The molecule has 3 aliphatic rings. The summed E-state index contributed by atoms with van der Waals surface area (Å²) in [5.74, 6) is 0.842. The maximum atomic E-state index is 13.4. The molecule has 1 fully saturated rings. The highest BCUT2D eigenvalue weighted by atomic mass is 32.2. The van der Waals surface area contributed by atoms with Crippen molar-refractivity contribution in [3.8, 4) is 0 Å². The lowest BCUT2D eigenvalue weighted by molar-refractivity contribution is -0.125. The first-order valence-electron chi connectivity index (χ1n) is 12.4. The Kier molecular flexibility index (Phi) is 7.50. The Morgan fingerprint density at radius 2 is 1.92 bits per heavy atom. The van der Waals surface area contributed by atoms with E-state index in [1.54, 1.807) is 18.4 Å². The summed E-state index contributed by atoms with van der Waals surface area (Å²) >= 11 is 1.19. The van der Waals surface area contributed by atoms with Gasteiger partial charge in [-0.15, -0.1) is 0 Å². The van der Waals surface area contributed by atoms with Crippen molar-refractivity contribution in [1.29, 1.82) is 0 Å². The minimum atomic E-state index is -0.651. The number of para-hydroxylation sites is 1. The van der Waals surface area contributed by atoms with E-state index >= 15 is 0 Å². The van der Waals surface area contributed by atoms with Gasteiger partial charge in [-0.3, -0.25) is 19.4 Å². The van der Waals surface area contributed by atoms with Crippen LogP contribution in [0.1, 0.15) is 56.3 Å². The van der Waals surface area contributed by atoms with Gasteiger partial charge < -0.3 is 15.1 Å². The second kappa shape index (κ2) is 11.1. The fraction of sp³-hybridized carbons (Fsp3) is 0.423. The number of benzene rings is 1. The van der Waals surface area contributed by atoms with Gasteiger partial charge in [0.25, 0.3) is 5.91 Å². The molecule has 3 heterocycles. The maximum Gasteiger partial charge on any atom is 0.259 e. The number of nitrogens with zero attached hydrogens (tertiary/aromatic N) is 3. The Hall–Kier alpha value is -3.40. The number of fused-ring (bicyclic) bond motifs is 3. The van der Waals surface area contributed by atoms with Gasteiger partial charge in [0.15, 0.2) is 5.17 Å². The largest absolute Gasteiger partial charge is 0.467 e. The molecule has 0 radical (unpaired) electrons. The van der Waals surface area contributed by atoms with E-state index in [1.807, 2.05) is 24.3 Å². The first-order chi connectivity index (χ1) is 17.6. The SMILES string of the molecule is O=C(CSC1=Nc2ccccc2C2=N[C@H](CCC(=O)NC3CCCCC3)C(=O)N12)NCc1ccco1. The third-order valence-corrected chi connectivity index (χ3v) is 7.47. The summed E-state index contributed by atoms with van der Waals surface area (Å²) in [6, 6.07) is 10.6. The van der Waals surface area contributed by atoms with E-state index in [2.05, 4.69) is 15.6 Å². The lowest BCUT2D eigenvalue weighted by Crippen LogP contribution is -2.42. The third-order valence-electron chi connectivity index (χ3n) is 6.54. The molecule has 9 nitrogen and oxygen atoms in total. The average molecular weight is 508 g/mol. The number of aliphatic imine (C=N–C) groups is 2. The minimum absolute atomic E-state index is 0.0309. The molecule has 3 amide bonds. The number of thioether (sulfide) groups is 1. The molecule has 36 heavy (non-hydrogen) atoms. The van der Waals surface area contributed by atoms with Crippen molar-refractivity contribution < 1.29 is 18.8 Å². The molecule has 5 rings (SSSR count). The van der Waals surface area contributed by atoms with E-state index < -0.39 is 6.04 Å². The number of carbonyl (C=O) groups is 3. The molecule has 0 unspecified atom stereocenters. The highest BCUT2D eigenvalue weighted by molar-refractivity contribution is 8.14. The summed E-state index contributed by atoms with van der Waals surface area (Å²) in [5.41, 5.74) is 1.47. The van der Waals surface area contributed by atoms with E-state index in [0.717, 1.165) is 31.2 Å². The summed E-state index contributed by atoms with van der Waals surface area (Å²) in [6.07, 6.45) is 7.70. The molecule has 0 bridgehead atoms. The molecule has 1 saturated carbocycles. The van der Waals surface area contributed by atoms with E-state index in [-0.39, 0.29) is 35.9 Å². The zero-order valence-corrected chi connectivity index (χ0v) is 20.8. The molecule has 2 aromatic rings. The predicted molar refractivity (Wildman–Crippen MR) is 138 cm³/mol. The van der Waals surface area contributed by atoms with Gasteiger partial charge in [0.05, 0.1) is 24.2 Å². The second-order valence-corrected chi connectivity index (χ2v) is 10.1. The highest BCUT2D eigenvalue weighted by Gasteiger charge is 2.41. The summed E-state index contributed by atoms with van der Waals surface area (Å²) < 4.78 is 5.24. The van der Waals surface area contributed by atoms with Crippen LogP contribution in [0.5, 0.6) is 0 Å². The third kappa shape index (κ3) is 5.53. The number of rotatable bonds is 8. The van der Waals surface area contributed by atoms with Crippen molar-refractivity contribution in [1.82, 2.24) is 15.5 Å². The van der Waals surface area contributed by atoms with Crippen LogP contribution in [0.25, 0.3) is 0 Å². The monoisotopic (exact) mass is 507 g/mol. The maximum absolute atomic E-state index is 13.4. The zero-order chi connectivity index (χ0) is 24.9. The van der Waals surface area contributed by atoms with Crippen LogP contribution in [-0.2, 0) is 20.9 Å². The number of amidine groups is 2. The van der Waals surface area contributed by atoms with Gasteiger partial charge in [-0.2, -0.15) is 0 Å². The van der Waals surface area contributed by atoms with Crippen LogP contribution in [0.4, 0.5) is 5.69 Å². The van der Waals surface area contributed by atoms with Crippen LogP contribution >= 0.6 is 11.8 Å². The highest BCUT2D eigenvalue weighted by Crippen LogP contribution is 2.34. The quantitative estimate of drug-likeness (QED) is 0.567. The van der Waals surface area contributed by atoms with Crippen molar-refractivity contribution in [2.75, 3.05) is 5.75 Å². The molecule has 2 aliphatic heterocycles. The summed E-state index contributed by atoms with van der Waals surface area (Å²) in [5, 5.41) is 6.33. The van der Waals surface area contributed by atoms with E-state index in [4.69, 9.17) is 9.41 Å². The molecule has 0 spiro atoms. The average Bonchev–Trinajstić information content (AvgIpc) is 3.53. The van der Waals surface area contributed by atoms with Crippen LogP contribution in [0.15, 0.2) is 57.1 Å². The number of amides is 3. The molecule has 188 valence electrons. The summed E-state index contributed by atoms with van der Waals surface area (Å²) in [6.45, 7) is 0.294. The van der Waals surface area contributed by atoms with Crippen molar-refractivity contribution in [2.45, 2.75) is 63.6 Å². The number of hydrogen-bond acceptors (Lipinski definition) is 7. The van der Waals surface area contributed by atoms with Crippen LogP contribution in [0.2, 0.25) is 0 Å². The van der Waals surface area contributed by atoms with Gasteiger partial charge in [-0.05, 0) is 43.5 Å². The molecule has 1 atom stereocenters. The van der Waals surface area contributed by atoms with Crippen molar-refractivity contribution in [3.63, 3.8) is 0 Å². The smallest absolute Gasteiger partial charge is 0.259 e. The Morgan fingerprint density at radius 3 is 2.72 bits per heavy atom. The molecule has 1 aromatic heterocycles.